The molecule has 0 N–H and O–H groups in total. The van der Waals surface area contributed by atoms with E-state index in [-0.39, 0.29) is 10.8 Å². The molecule has 0 saturated carbocycles. The highest BCUT2D eigenvalue weighted by atomic mass is 35.5. The molecule has 120 valence electrons. The van der Waals surface area contributed by atoms with E-state index < -0.39 is 6.09 Å². The SMILES string of the molecule is O=C(/N=c1\ccn(-c2ccccc2)nc1)Oc1ccc(Cl)cc1Cl. The van der Waals surface area contributed by atoms with Crippen molar-refractivity contribution in [2.45, 2.75) is 0 Å². The van der Waals surface area contributed by atoms with Crippen LogP contribution in [0.1, 0.15) is 0 Å². The van der Waals surface area contributed by atoms with Crippen LogP contribution in [0, 0.1) is 0 Å². The molecule has 24 heavy (non-hydrogen) atoms. The third-order valence-corrected chi connectivity index (χ3v) is 3.56. The van der Waals surface area contributed by atoms with Crippen LogP contribution in [0.25, 0.3) is 5.69 Å². The van der Waals surface area contributed by atoms with Gasteiger partial charge in [-0.15, -0.1) is 0 Å². The lowest BCUT2D eigenvalue weighted by atomic mass is 10.3. The van der Waals surface area contributed by atoms with Crippen molar-refractivity contribution in [3.63, 3.8) is 0 Å². The zero-order valence-corrected chi connectivity index (χ0v) is 13.8. The Kier molecular flexibility index (Phi) is 4.93. The van der Waals surface area contributed by atoms with Crippen molar-refractivity contribution in [2.75, 3.05) is 0 Å². The average Bonchev–Trinajstić information content (AvgIpc) is 2.59. The standard InChI is InChI=1S/C17H11Cl2N3O2/c18-12-6-7-16(15(19)10-12)24-17(23)21-13-8-9-22(20-11-13)14-4-2-1-3-5-14/h1-11H/b21-13+. The van der Waals surface area contributed by atoms with Crippen LogP contribution in [0.5, 0.6) is 5.75 Å². The lowest BCUT2D eigenvalue weighted by Crippen LogP contribution is -2.13. The summed E-state index contributed by atoms with van der Waals surface area (Å²) in [6, 6.07) is 15.8. The van der Waals surface area contributed by atoms with Crippen LogP contribution in [0.3, 0.4) is 0 Å². The molecule has 0 fully saturated rings. The Morgan fingerprint density at radius 1 is 1.08 bits per heavy atom. The monoisotopic (exact) mass is 359 g/mol. The highest BCUT2D eigenvalue weighted by Crippen LogP contribution is 2.27. The second-order valence-electron chi connectivity index (χ2n) is 4.72. The lowest BCUT2D eigenvalue weighted by molar-refractivity contribution is 0.210. The molecular weight excluding hydrogens is 349 g/mol. The van der Waals surface area contributed by atoms with Crippen molar-refractivity contribution in [3.8, 4) is 11.4 Å². The number of carbonyl (C=O) groups is 1. The molecule has 3 rings (SSSR count). The first-order valence-electron chi connectivity index (χ1n) is 6.94. The van der Waals surface area contributed by atoms with Crippen molar-refractivity contribution in [3.05, 3.63) is 82.4 Å². The molecule has 0 atom stereocenters. The van der Waals surface area contributed by atoms with Crippen LogP contribution in [-0.4, -0.2) is 15.9 Å². The van der Waals surface area contributed by atoms with Crippen molar-refractivity contribution < 1.29 is 9.53 Å². The fourth-order valence-electron chi connectivity index (χ4n) is 1.93. The number of benzene rings is 2. The molecule has 1 heterocycles. The Morgan fingerprint density at radius 2 is 1.88 bits per heavy atom. The van der Waals surface area contributed by atoms with Gasteiger partial charge < -0.3 is 4.74 Å². The molecule has 0 aliphatic carbocycles. The van der Waals surface area contributed by atoms with E-state index in [0.29, 0.717) is 10.4 Å². The van der Waals surface area contributed by atoms with E-state index in [1.54, 1.807) is 23.0 Å². The maximum absolute atomic E-state index is 11.9. The van der Waals surface area contributed by atoms with Crippen molar-refractivity contribution in [1.82, 2.24) is 9.78 Å². The summed E-state index contributed by atoms with van der Waals surface area (Å²) in [4.78, 5) is 15.7. The van der Waals surface area contributed by atoms with Crippen LogP contribution in [0.4, 0.5) is 4.79 Å². The molecule has 5 nitrogen and oxygen atoms in total. The van der Waals surface area contributed by atoms with Crippen molar-refractivity contribution in [2.24, 2.45) is 4.99 Å². The predicted octanol–water partition coefficient (Wildman–Crippen LogP) is 4.28. The molecule has 1 aromatic heterocycles. The number of rotatable bonds is 2. The number of carbonyl (C=O) groups excluding carboxylic acids is 1. The van der Waals surface area contributed by atoms with Crippen molar-refractivity contribution >= 4 is 29.3 Å². The molecule has 0 bridgehead atoms. The summed E-state index contributed by atoms with van der Waals surface area (Å²) in [6.07, 6.45) is 2.38. The topological polar surface area (TPSA) is 56.5 Å². The van der Waals surface area contributed by atoms with Crippen LogP contribution < -0.4 is 10.1 Å². The van der Waals surface area contributed by atoms with Gasteiger partial charge in [-0.3, -0.25) is 0 Å². The first kappa shape index (κ1) is 16.2. The number of nitrogens with zero attached hydrogens (tertiary/aromatic N) is 3. The van der Waals surface area contributed by atoms with Gasteiger partial charge in [-0.1, -0.05) is 41.4 Å². The summed E-state index contributed by atoms with van der Waals surface area (Å²) in [6.45, 7) is 0. The number of para-hydroxylation sites is 1. The second kappa shape index (κ2) is 7.29. The molecule has 3 aromatic rings. The van der Waals surface area contributed by atoms with Gasteiger partial charge in [0.25, 0.3) is 0 Å². The van der Waals surface area contributed by atoms with Gasteiger partial charge >= 0.3 is 6.09 Å². The summed E-state index contributed by atoms with van der Waals surface area (Å²) in [7, 11) is 0. The summed E-state index contributed by atoms with van der Waals surface area (Å²) in [5.41, 5.74) is 0.902. The molecule has 1 amide bonds. The Balaban J connectivity index is 1.77. The number of ether oxygens (including phenoxy) is 1. The highest BCUT2D eigenvalue weighted by molar-refractivity contribution is 6.35. The first-order valence-corrected chi connectivity index (χ1v) is 7.69. The quantitative estimate of drug-likeness (QED) is 0.686. The van der Waals surface area contributed by atoms with Gasteiger partial charge in [-0.05, 0) is 36.4 Å². The van der Waals surface area contributed by atoms with E-state index in [1.807, 2.05) is 30.3 Å². The van der Waals surface area contributed by atoms with E-state index in [4.69, 9.17) is 27.9 Å². The van der Waals surface area contributed by atoms with Gasteiger partial charge in [0.1, 0.15) is 0 Å². The number of hydrogen-bond acceptors (Lipinski definition) is 3. The largest absolute Gasteiger partial charge is 0.439 e. The highest BCUT2D eigenvalue weighted by Gasteiger charge is 2.07. The summed E-state index contributed by atoms with van der Waals surface area (Å²) in [5.74, 6) is 0.193. The maximum atomic E-state index is 11.9. The third kappa shape index (κ3) is 4.01. The minimum Gasteiger partial charge on any atom is -0.407 e. The number of amides is 1. The summed E-state index contributed by atoms with van der Waals surface area (Å²) < 4.78 is 6.76. The Morgan fingerprint density at radius 3 is 2.54 bits per heavy atom. The molecule has 0 saturated heterocycles. The Labute approximate surface area is 147 Å². The number of halogens is 2. The van der Waals surface area contributed by atoms with E-state index >= 15 is 0 Å². The van der Waals surface area contributed by atoms with Crippen LogP contribution in [-0.2, 0) is 0 Å². The van der Waals surface area contributed by atoms with E-state index in [9.17, 15) is 4.79 Å². The molecule has 0 aliphatic rings. The van der Waals surface area contributed by atoms with Gasteiger partial charge in [0, 0.05) is 11.2 Å². The first-order chi connectivity index (χ1) is 11.6. The fraction of sp³-hybridized carbons (Fsp3) is 0. The zero-order chi connectivity index (χ0) is 16.9. The van der Waals surface area contributed by atoms with Crippen molar-refractivity contribution in [1.29, 1.82) is 0 Å². The third-order valence-electron chi connectivity index (χ3n) is 3.03. The Hall–Kier alpha value is -2.63. The normalized spacial score (nSPS) is 11.3. The molecule has 0 spiro atoms. The summed E-state index contributed by atoms with van der Waals surface area (Å²) >= 11 is 11.7. The van der Waals surface area contributed by atoms with Crippen LogP contribution >= 0.6 is 23.2 Å². The average molecular weight is 360 g/mol. The molecular formula is C17H11Cl2N3O2. The number of hydrogen-bond donors (Lipinski definition) is 0. The van der Waals surface area contributed by atoms with Gasteiger partial charge in [0.05, 0.1) is 22.3 Å². The van der Waals surface area contributed by atoms with Crippen LogP contribution in [0.15, 0.2) is 72.0 Å². The fourth-order valence-corrected chi connectivity index (χ4v) is 2.38. The molecule has 0 aliphatic heterocycles. The van der Waals surface area contributed by atoms with Crippen LogP contribution in [0.2, 0.25) is 10.0 Å². The predicted molar refractivity (Wildman–Crippen MR) is 91.6 cm³/mol. The van der Waals surface area contributed by atoms with Gasteiger partial charge in [0.15, 0.2) is 5.75 Å². The molecule has 2 aromatic carbocycles. The molecule has 7 heteroatoms. The minimum absolute atomic E-state index is 0.193. The van der Waals surface area contributed by atoms with Gasteiger partial charge in [-0.25, -0.2) is 9.48 Å². The number of aromatic nitrogens is 2. The maximum Gasteiger partial charge on any atom is 0.439 e. The molecule has 0 radical (unpaired) electrons. The zero-order valence-electron chi connectivity index (χ0n) is 12.3. The van der Waals surface area contributed by atoms with Gasteiger partial charge in [0.2, 0.25) is 0 Å². The lowest BCUT2D eigenvalue weighted by Gasteiger charge is -2.04. The summed E-state index contributed by atoms with van der Waals surface area (Å²) in [5, 5.41) is 5.27. The van der Waals surface area contributed by atoms with E-state index in [1.165, 1.54) is 18.3 Å². The smallest absolute Gasteiger partial charge is 0.407 e. The minimum atomic E-state index is -0.793. The second-order valence-corrected chi connectivity index (χ2v) is 5.56. The van der Waals surface area contributed by atoms with E-state index in [0.717, 1.165) is 5.69 Å². The molecule has 0 unspecified atom stereocenters. The van der Waals surface area contributed by atoms with Gasteiger partial charge in [-0.2, -0.15) is 10.1 Å². The Bertz CT molecular complexity index is 920. The van der Waals surface area contributed by atoms with E-state index in [2.05, 4.69) is 10.1 Å².